The monoisotopic (exact) mass is 289 g/mol. The first-order chi connectivity index (χ1) is 10.7. The predicted molar refractivity (Wildman–Crippen MR) is 81.8 cm³/mol. The molecule has 4 rings (SSSR count). The quantitative estimate of drug-likeness (QED) is 0.848. The zero-order chi connectivity index (χ0) is 15.3. The van der Waals surface area contributed by atoms with Crippen molar-refractivity contribution in [2.24, 2.45) is 0 Å². The van der Waals surface area contributed by atoms with Gasteiger partial charge in [-0.2, -0.15) is 0 Å². The van der Waals surface area contributed by atoms with E-state index in [4.69, 9.17) is 0 Å². The zero-order valence-electron chi connectivity index (χ0n) is 11.5. The summed E-state index contributed by atoms with van der Waals surface area (Å²) >= 11 is 0. The number of amides is 1. The molecular formula is C18H11NO3. The number of fused-ring (bicyclic) bond motifs is 2. The van der Waals surface area contributed by atoms with E-state index in [0.29, 0.717) is 16.8 Å². The molecule has 0 atom stereocenters. The van der Waals surface area contributed by atoms with Crippen molar-refractivity contribution in [1.82, 2.24) is 5.32 Å². The molecule has 0 bridgehead atoms. The number of hydrogen-bond donors (Lipinski definition) is 2. The molecule has 0 radical (unpaired) electrons. The van der Waals surface area contributed by atoms with Crippen LogP contribution in [-0.4, -0.2) is 16.8 Å². The molecule has 4 heteroatoms. The normalized spacial score (nSPS) is 16.5. The van der Waals surface area contributed by atoms with Gasteiger partial charge in [-0.1, -0.05) is 54.6 Å². The van der Waals surface area contributed by atoms with E-state index in [1.54, 1.807) is 24.3 Å². The third-order valence-electron chi connectivity index (χ3n) is 3.92. The summed E-state index contributed by atoms with van der Waals surface area (Å²) in [6, 6.07) is 15.9. The maximum absolute atomic E-state index is 12.8. The fraction of sp³-hybridized carbons (Fsp3) is 0. The third-order valence-corrected chi connectivity index (χ3v) is 3.92. The van der Waals surface area contributed by atoms with E-state index in [1.807, 2.05) is 30.3 Å². The van der Waals surface area contributed by atoms with Gasteiger partial charge in [0.05, 0.1) is 16.8 Å². The number of nitrogens with one attached hydrogen (secondary N) is 1. The molecular weight excluding hydrogens is 278 g/mol. The Kier molecular flexibility index (Phi) is 2.53. The van der Waals surface area contributed by atoms with Crippen molar-refractivity contribution in [1.29, 1.82) is 0 Å². The summed E-state index contributed by atoms with van der Waals surface area (Å²) in [5, 5.41) is 13.1. The lowest BCUT2D eigenvalue weighted by molar-refractivity contribution is -0.115. The highest BCUT2D eigenvalue weighted by Crippen LogP contribution is 2.39. The SMILES string of the molecule is O=C1NC(c2ccccc2)=C2C(=O)c3ccccc3C(O)=C12. The van der Waals surface area contributed by atoms with Gasteiger partial charge in [-0.15, -0.1) is 0 Å². The summed E-state index contributed by atoms with van der Waals surface area (Å²) in [6.45, 7) is 0. The number of hydrogen-bond acceptors (Lipinski definition) is 3. The van der Waals surface area contributed by atoms with Gasteiger partial charge in [-0.25, -0.2) is 0 Å². The van der Waals surface area contributed by atoms with E-state index in [2.05, 4.69) is 5.32 Å². The number of benzene rings is 2. The van der Waals surface area contributed by atoms with Crippen LogP contribution in [0.3, 0.4) is 0 Å². The molecule has 2 aliphatic rings. The lowest BCUT2D eigenvalue weighted by Gasteiger charge is -2.17. The first kappa shape index (κ1) is 12.6. The van der Waals surface area contributed by atoms with Gasteiger partial charge in [-0.3, -0.25) is 9.59 Å². The Hall–Kier alpha value is -3.14. The number of carbonyl (C=O) groups excluding carboxylic acids is 2. The maximum atomic E-state index is 12.8. The van der Waals surface area contributed by atoms with Crippen LogP contribution < -0.4 is 5.32 Å². The standard InChI is InChI=1S/C18H11NO3/c20-16-11-8-4-5-9-12(11)17(21)14-13(16)15(19-18(14)22)10-6-2-1-3-7-10/h1-9,21H,(H,19,22). The van der Waals surface area contributed by atoms with Gasteiger partial charge in [-0.05, 0) is 5.56 Å². The zero-order valence-corrected chi connectivity index (χ0v) is 11.5. The van der Waals surface area contributed by atoms with Gasteiger partial charge in [0, 0.05) is 11.1 Å². The molecule has 0 saturated heterocycles. The molecule has 1 aliphatic heterocycles. The van der Waals surface area contributed by atoms with E-state index in [1.165, 1.54) is 0 Å². The summed E-state index contributed by atoms with van der Waals surface area (Å²) in [7, 11) is 0. The van der Waals surface area contributed by atoms with Crippen LogP contribution in [0, 0.1) is 0 Å². The molecule has 0 saturated carbocycles. The topological polar surface area (TPSA) is 66.4 Å². The highest BCUT2D eigenvalue weighted by molar-refractivity contribution is 6.32. The largest absolute Gasteiger partial charge is 0.506 e. The lowest BCUT2D eigenvalue weighted by Crippen LogP contribution is -2.19. The van der Waals surface area contributed by atoms with Crippen LogP contribution in [-0.2, 0) is 4.79 Å². The average molecular weight is 289 g/mol. The van der Waals surface area contributed by atoms with E-state index < -0.39 is 5.91 Å². The van der Waals surface area contributed by atoms with E-state index in [9.17, 15) is 14.7 Å². The molecule has 2 aromatic carbocycles. The van der Waals surface area contributed by atoms with Gasteiger partial charge < -0.3 is 10.4 Å². The minimum Gasteiger partial charge on any atom is -0.506 e. The number of aliphatic hydroxyl groups is 1. The van der Waals surface area contributed by atoms with Crippen molar-refractivity contribution in [2.75, 3.05) is 0 Å². The molecule has 0 spiro atoms. The molecule has 0 unspecified atom stereocenters. The van der Waals surface area contributed by atoms with E-state index >= 15 is 0 Å². The Morgan fingerprint density at radius 2 is 1.41 bits per heavy atom. The van der Waals surface area contributed by atoms with Crippen molar-refractivity contribution >= 4 is 23.1 Å². The second-order valence-electron chi connectivity index (χ2n) is 5.17. The minimum atomic E-state index is -0.450. The third kappa shape index (κ3) is 1.58. The Bertz CT molecular complexity index is 892. The molecule has 0 aromatic heterocycles. The molecule has 1 amide bonds. The van der Waals surface area contributed by atoms with E-state index in [0.717, 1.165) is 5.56 Å². The number of ketones is 1. The highest BCUT2D eigenvalue weighted by atomic mass is 16.3. The van der Waals surface area contributed by atoms with Gasteiger partial charge in [0.1, 0.15) is 5.76 Å². The first-order valence-electron chi connectivity index (χ1n) is 6.87. The fourth-order valence-corrected chi connectivity index (χ4v) is 2.91. The minimum absolute atomic E-state index is 0.0579. The fourth-order valence-electron chi connectivity index (χ4n) is 2.91. The maximum Gasteiger partial charge on any atom is 0.260 e. The molecule has 1 aliphatic carbocycles. The summed E-state index contributed by atoms with van der Waals surface area (Å²) in [5.74, 6) is -0.844. The molecule has 106 valence electrons. The molecule has 1 heterocycles. The summed E-state index contributed by atoms with van der Waals surface area (Å²) in [4.78, 5) is 25.0. The Morgan fingerprint density at radius 1 is 0.773 bits per heavy atom. The smallest absolute Gasteiger partial charge is 0.260 e. The molecule has 2 N–H and O–H groups in total. The summed E-state index contributed by atoms with van der Waals surface area (Å²) in [5.41, 5.74) is 2.29. The predicted octanol–water partition coefficient (Wildman–Crippen LogP) is 2.69. The van der Waals surface area contributed by atoms with Crippen molar-refractivity contribution in [3.8, 4) is 0 Å². The molecule has 4 nitrogen and oxygen atoms in total. The number of aliphatic hydroxyl groups excluding tert-OH is 1. The number of rotatable bonds is 1. The summed E-state index contributed by atoms with van der Waals surface area (Å²) < 4.78 is 0. The average Bonchev–Trinajstić information content (AvgIpc) is 2.91. The van der Waals surface area contributed by atoms with Gasteiger partial charge in [0.15, 0.2) is 5.78 Å². The van der Waals surface area contributed by atoms with Gasteiger partial charge >= 0.3 is 0 Å². The lowest BCUT2D eigenvalue weighted by atomic mass is 9.85. The van der Waals surface area contributed by atoms with Gasteiger partial charge in [0.25, 0.3) is 5.91 Å². The van der Waals surface area contributed by atoms with Crippen LogP contribution in [0.25, 0.3) is 11.5 Å². The second kappa shape index (κ2) is 4.43. The molecule has 0 fully saturated rings. The Morgan fingerprint density at radius 3 is 2.14 bits per heavy atom. The first-order valence-corrected chi connectivity index (χ1v) is 6.87. The van der Waals surface area contributed by atoms with Crippen molar-refractivity contribution in [3.63, 3.8) is 0 Å². The van der Waals surface area contributed by atoms with Crippen LogP contribution in [0.5, 0.6) is 0 Å². The Labute approximate surface area is 126 Å². The number of carbonyl (C=O) groups is 2. The summed E-state index contributed by atoms with van der Waals surface area (Å²) in [6.07, 6.45) is 0. The number of Topliss-reactive ketones (excluding diaryl/α,β-unsaturated/α-hetero) is 1. The highest BCUT2D eigenvalue weighted by Gasteiger charge is 2.40. The van der Waals surface area contributed by atoms with Crippen molar-refractivity contribution in [3.05, 3.63) is 82.4 Å². The van der Waals surface area contributed by atoms with Crippen LogP contribution >= 0.6 is 0 Å². The Balaban J connectivity index is 2.04. The van der Waals surface area contributed by atoms with Gasteiger partial charge in [0.2, 0.25) is 0 Å². The van der Waals surface area contributed by atoms with Crippen LogP contribution in [0.15, 0.2) is 65.7 Å². The molecule has 2 aromatic rings. The second-order valence-corrected chi connectivity index (χ2v) is 5.17. The molecule has 22 heavy (non-hydrogen) atoms. The van der Waals surface area contributed by atoms with Crippen molar-refractivity contribution in [2.45, 2.75) is 0 Å². The van der Waals surface area contributed by atoms with Crippen LogP contribution in [0.4, 0.5) is 0 Å². The van der Waals surface area contributed by atoms with E-state index in [-0.39, 0.29) is 22.7 Å². The van der Waals surface area contributed by atoms with Crippen LogP contribution in [0.2, 0.25) is 0 Å². The van der Waals surface area contributed by atoms with Crippen molar-refractivity contribution < 1.29 is 14.7 Å². The van der Waals surface area contributed by atoms with Crippen LogP contribution in [0.1, 0.15) is 21.5 Å².